The van der Waals surface area contributed by atoms with Crippen molar-refractivity contribution in [1.29, 1.82) is 0 Å². The minimum atomic E-state index is -0.433. The summed E-state index contributed by atoms with van der Waals surface area (Å²) in [5, 5.41) is 0. The van der Waals surface area contributed by atoms with Gasteiger partial charge in [0.15, 0.2) is 0 Å². The maximum absolute atomic E-state index is 12.4. The summed E-state index contributed by atoms with van der Waals surface area (Å²) in [5.41, 5.74) is 8.59. The van der Waals surface area contributed by atoms with Crippen molar-refractivity contribution in [2.45, 2.75) is 57.2 Å². The topological polar surface area (TPSA) is 83.5 Å². The number of morpholine rings is 1. The molecule has 30 heavy (non-hydrogen) atoms. The van der Waals surface area contributed by atoms with Crippen molar-refractivity contribution in [2.75, 3.05) is 32.8 Å². The van der Waals surface area contributed by atoms with E-state index in [0.717, 1.165) is 68.8 Å². The van der Waals surface area contributed by atoms with Crippen molar-refractivity contribution < 1.29 is 9.53 Å². The summed E-state index contributed by atoms with van der Waals surface area (Å²) in [7, 11) is 0. The van der Waals surface area contributed by atoms with Crippen LogP contribution in [0.15, 0.2) is 45.7 Å². The highest BCUT2D eigenvalue weighted by molar-refractivity contribution is 6.13. The highest BCUT2D eigenvalue weighted by atomic mass is 16.5. The second kappa shape index (κ2) is 9.27. The Hall–Kier alpha value is -2.25. The normalized spacial score (nSPS) is 28.0. The van der Waals surface area contributed by atoms with Crippen LogP contribution in [0.4, 0.5) is 0 Å². The van der Waals surface area contributed by atoms with E-state index in [-0.39, 0.29) is 12.1 Å². The summed E-state index contributed by atoms with van der Waals surface area (Å²) < 4.78 is 5.33. The van der Waals surface area contributed by atoms with E-state index in [1.165, 1.54) is 0 Å². The summed E-state index contributed by atoms with van der Waals surface area (Å²) >= 11 is 0. The van der Waals surface area contributed by atoms with E-state index in [2.05, 4.69) is 22.9 Å². The lowest BCUT2D eigenvalue weighted by Gasteiger charge is -2.42. The molecule has 0 radical (unpaired) electrons. The van der Waals surface area contributed by atoms with Gasteiger partial charge in [-0.25, -0.2) is 0 Å². The number of amides is 1. The van der Waals surface area contributed by atoms with Crippen molar-refractivity contribution in [3.05, 3.63) is 35.7 Å². The molecular formula is C23H33N5O2. The van der Waals surface area contributed by atoms with Crippen molar-refractivity contribution in [2.24, 2.45) is 15.7 Å². The molecule has 0 bridgehead atoms. The number of ether oxygens (including phenoxy) is 1. The van der Waals surface area contributed by atoms with Gasteiger partial charge in [0.05, 0.1) is 30.3 Å². The maximum Gasteiger partial charge on any atom is 0.222 e. The van der Waals surface area contributed by atoms with Crippen LogP contribution in [-0.2, 0) is 9.53 Å². The number of carbonyl (C=O) groups is 1. The fourth-order valence-electron chi connectivity index (χ4n) is 4.84. The third-order valence-corrected chi connectivity index (χ3v) is 6.37. The first-order chi connectivity index (χ1) is 14.7. The molecule has 1 fully saturated rings. The summed E-state index contributed by atoms with van der Waals surface area (Å²) in [6.07, 6.45) is 15.8. The number of carbonyl (C=O) groups excluding carboxylic acids is 1. The molecule has 3 aliphatic heterocycles. The molecule has 1 spiro atoms. The van der Waals surface area contributed by atoms with Crippen LogP contribution in [-0.4, -0.2) is 72.2 Å². The van der Waals surface area contributed by atoms with Crippen molar-refractivity contribution >= 4 is 17.8 Å². The van der Waals surface area contributed by atoms with Crippen LogP contribution in [0.2, 0.25) is 0 Å². The van der Waals surface area contributed by atoms with Gasteiger partial charge in [-0.2, -0.15) is 0 Å². The zero-order chi connectivity index (χ0) is 21.0. The molecule has 0 aromatic carbocycles. The molecule has 3 heterocycles. The molecular weight excluding hydrogens is 378 g/mol. The fourth-order valence-corrected chi connectivity index (χ4v) is 4.84. The van der Waals surface area contributed by atoms with Crippen LogP contribution >= 0.6 is 0 Å². The lowest BCUT2D eigenvalue weighted by molar-refractivity contribution is -0.135. The number of aliphatic imine (C=N–C) groups is 2. The average Bonchev–Trinajstić information content (AvgIpc) is 3.08. The van der Waals surface area contributed by atoms with Gasteiger partial charge in [-0.3, -0.25) is 19.7 Å². The van der Waals surface area contributed by atoms with E-state index in [0.29, 0.717) is 19.6 Å². The Morgan fingerprint density at radius 2 is 2.10 bits per heavy atom. The summed E-state index contributed by atoms with van der Waals surface area (Å²) in [6, 6.07) is 0. The lowest BCUT2D eigenvalue weighted by atomic mass is 9.81. The minimum Gasteiger partial charge on any atom is -0.397 e. The molecule has 1 amide bonds. The summed E-state index contributed by atoms with van der Waals surface area (Å²) in [4.78, 5) is 26.4. The fraction of sp³-hybridized carbons (Fsp3) is 0.609. The highest BCUT2D eigenvalue weighted by Crippen LogP contribution is 2.42. The van der Waals surface area contributed by atoms with Crippen LogP contribution < -0.4 is 5.73 Å². The van der Waals surface area contributed by atoms with Crippen LogP contribution in [0.1, 0.15) is 45.4 Å². The van der Waals surface area contributed by atoms with E-state index >= 15 is 0 Å². The zero-order valence-electron chi connectivity index (χ0n) is 17.9. The van der Waals surface area contributed by atoms with Crippen LogP contribution in [0.25, 0.3) is 0 Å². The van der Waals surface area contributed by atoms with Gasteiger partial charge < -0.3 is 15.4 Å². The number of dihydropyridines is 1. The first kappa shape index (κ1) is 21.0. The predicted octanol–water partition coefficient (Wildman–Crippen LogP) is 2.41. The van der Waals surface area contributed by atoms with Gasteiger partial charge >= 0.3 is 0 Å². The number of rotatable bonds is 8. The zero-order valence-corrected chi connectivity index (χ0v) is 17.9. The van der Waals surface area contributed by atoms with Gasteiger partial charge in [0.25, 0.3) is 0 Å². The SMILES string of the molecule is CCCC1N=C2C(N)=CC=C3N=CC=CC32N1CCCCCC(=O)N1CCOCC1. The molecule has 0 aromatic rings. The van der Waals surface area contributed by atoms with Crippen LogP contribution in [0.3, 0.4) is 0 Å². The molecule has 4 aliphatic rings. The second-order valence-electron chi connectivity index (χ2n) is 8.32. The first-order valence-electron chi connectivity index (χ1n) is 11.3. The number of hydrogen-bond acceptors (Lipinski definition) is 6. The van der Waals surface area contributed by atoms with E-state index in [1.807, 2.05) is 29.3 Å². The monoisotopic (exact) mass is 411 g/mol. The standard InChI is InChI=1S/C23H33N5O2/c1-2-7-20-26-22-18(24)9-10-19-23(22,11-6-12-25-19)28(20)13-5-3-4-8-21(29)27-14-16-30-17-15-27/h6,9-12,20H,2-5,7-8,13-17,24H2,1H3. The summed E-state index contributed by atoms with van der Waals surface area (Å²) in [5.74, 6) is 0.257. The van der Waals surface area contributed by atoms with Crippen molar-refractivity contribution in [1.82, 2.24) is 9.80 Å². The third kappa shape index (κ3) is 3.88. The molecule has 162 valence electrons. The maximum atomic E-state index is 12.4. The smallest absolute Gasteiger partial charge is 0.222 e. The molecule has 1 saturated heterocycles. The molecule has 1 aliphatic carbocycles. The van der Waals surface area contributed by atoms with Crippen molar-refractivity contribution in [3.63, 3.8) is 0 Å². The molecule has 0 aromatic heterocycles. The molecule has 2 atom stereocenters. The Kier molecular flexibility index (Phi) is 6.49. The second-order valence-corrected chi connectivity index (χ2v) is 8.32. The molecule has 7 heteroatoms. The quantitative estimate of drug-likeness (QED) is 0.622. The number of nitrogens with two attached hydrogens (primary N) is 1. The number of allylic oxidation sites excluding steroid dienone is 3. The highest BCUT2D eigenvalue weighted by Gasteiger charge is 2.52. The van der Waals surface area contributed by atoms with E-state index in [1.54, 1.807) is 0 Å². The van der Waals surface area contributed by atoms with E-state index in [4.69, 9.17) is 15.5 Å². The number of hydrogen-bond donors (Lipinski definition) is 1. The number of nitrogens with zero attached hydrogens (tertiary/aromatic N) is 4. The van der Waals surface area contributed by atoms with Crippen LogP contribution in [0, 0.1) is 0 Å². The van der Waals surface area contributed by atoms with Crippen LogP contribution in [0.5, 0.6) is 0 Å². The van der Waals surface area contributed by atoms with Crippen molar-refractivity contribution in [3.8, 4) is 0 Å². The van der Waals surface area contributed by atoms with E-state index in [9.17, 15) is 4.79 Å². The van der Waals surface area contributed by atoms with Gasteiger partial charge in [0.1, 0.15) is 11.7 Å². The number of unbranched alkanes of at least 4 members (excludes halogenated alkanes) is 2. The molecule has 0 saturated carbocycles. The Morgan fingerprint density at radius 3 is 2.90 bits per heavy atom. The minimum absolute atomic E-state index is 0.117. The van der Waals surface area contributed by atoms with Gasteiger partial charge in [0, 0.05) is 32.3 Å². The Balaban J connectivity index is 1.37. The average molecular weight is 412 g/mol. The third-order valence-electron chi connectivity index (χ3n) is 6.37. The molecule has 7 nitrogen and oxygen atoms in total. The Morgan fingerprint density at radius 1 is 1.27 bits per heavy atom. The molecule has 2 unspecified atom stereocenters. The molecule has 4 rings (SSSR count). The van der Waals surface area contributed by atoms with Gasteiger partial charge in [-0.05, 0) is 37.5 Å². The predicted molar refractivity (Wildman–Crippen MR) is 119 cm³/mol. The van der Waals surface area contributed by atoms with E-state index < -0.39 is 5.54 Å². The largest absolute Gasteiger partial charge is 0.397 e. The Bertz CT molecular complexity index is 806. The van der Waals surface area contributed by atoms with Gasteiger partial charge in [0.2, 0.25) is 5.91 Å². The van der Waals surface area contributed by atoms with Gasteiger partial charge in [-0.15, -0.1) is 0 Å². The lowest BCUT2D eigenvalue weighted by Crippen LogP contribution is -2.55. The summed E-state index contributed by atoms with van der Waals surface area (Å²) in [6.45, 7) is 5.88. The van der Waals surface area contributed by atoms with Gasteiger partial charge in [-0.1, -0.05) is 25.8 Å². The Labute approximate surface area is 179 Å². The molecule has 2 N–H and O–H groups in total. The first-order valence-corrected chi connectivity index (χ1v) is 11.3.